The van der Waals surface area contributed by atoms with E-state index in [1.165, 1.54) is 0 Å². The Labute approximate surface area is 81.7 Å². The molecule has 0 amide bonds. The van der Waals surface area contributed by atoms with Crippen LogP contribution in [0.2, 0.25) is 0 Å². The van der Waals surface area contributed by atoms with Crippen LogP contribution in [0.4, 0.5) is 4.39 Å². The van der Waals surface area contributed by atoms with Gasteiger partial charge in [-0.25, -0.2) is 0 Å². The highest BCUT2D eigenvalue weighted by molar-refractivity contribution is 5.71. The number of halogens is 1. The maximum absolute atomic E-state index is 13.8. The molecule has 1 aromatic rings. The molecule has 1 aliphatic rings. The maximum atomic E-state index is 13.8. The number of carbonyl (C=O) groups excluding carboxylic acids is 1. The van der Waals surface area contributed by atoms with Gasteiger partial charge in [-0.2, -0.15) is 4.39 Å². The lowest BCUT2D eigenvalue weighted by molar-refractivity contribution is -0.164. The monoisotopic (exact) mass is 194 g/mol. The summed E-state index contributed by atoms with van der Waals surface area (Å²) in [5.41, 5.74) is 0.852. The summed E-state index contributed by atoms with van der Waals surface area (Å²) in [6.07, 6.45) is 0.504. The SMILES string of the molecule is O=C1CCC(F)(Cc2ccccc2)O1. The van der Waals surface area contributed by atoms with Gasteiger partial charge in [0.1, 0.15) is 0 Å². The summed E-state index contributed by atoms with van der Waals surface area (Å²) in [6.45, 7) is 0. The second-order valence-electron chi connectivity index (χ2n) is 3.52. The predicted octanol–water partition coefficient (Wildman–Crippen LogP) is 2.23. The van der Waals surface area contributed by atoms with E-state index in [9.17, 15) is 9.18 Å². The summed E-state index contributed by atoms with van der Waals surface area (Å²) in [7, 11) is 0. The van der Waals surface area contributed by atoms with E-state index < -0.39 is 11.8 Å². The first kappa shape index (κ1) is 9.19. The van der Waals surface area contributed by atoms with Crippen LogP contribution in [0.15, 0.2) is 30.3 Å². The number of alkyl halides is 1. The van der Waals surface area contributed by atoms with Gasteiger partial charge in [0, 0.05) is 12.8 Å². The summed E-state index contributed by atoms with van der Waals surface area (Å²) in [5.74, 6) is -2.22. The molecule has 74 valence electrons. The Morgan fingerprint density at radius 1 is 1.36 bits per heavy atom. The molecule has 0 N–H and O–H groups in total. The van der Waals surface area contributed by atoms with Crippen LogP contribution < -0.4 is 0 Å². The molecule has 1 aliphatic heterocycles. The van der Waals surface area contributed by atoms with Crippen LogP contribution >= 0.6 is 0 Å². The van der Waals surface area contributed by atoms with Crippen LogP contribution in [0.3, 0.4) is 0 Å². The van der Waals surface area contributed by atoms with E-state index in [1.54, 1.807) is 0 Å². The molecule has 1 atom stereocenters. The lowest BCUT2D eigenvalue weighted by atomic mass is 10.0. The molecule has 0 aromatic heterocycles. The Bertz CT molecular complexity index is 336. The predicted molar refractivity (Wildman–Crippen MR) is 49.3 cm³/mol. The molecule has 0 bridgehead atoms. The van der Waals surface area contributed by atoms with Gasteiger partial charge in [-0.1, -0.05) is 30.3 Å². The average Bonchev–Trinajstić information content (AvgIpc) is 2.47. The van der Waals surface area contributed by atoms with E-state index in [2.05, 4.69) is 4.74 Å². The maximum Gasteiger partial charge on any atom is 0.308 e. The second kappa shape index (κ2) is 3.40. The zero-order chi connectivity index (χ0) is 10.0. The van der Waals surface area contributed by atoms with Crippen molar-refractivity contribution in [2.24, 2.45) is 0 Å². The third kappa shape index (κ3) is 1.92. The van der Waals surface area contributed by atoms with Crippen molar-refractivity contribution in [2.45, 2.75) is 25.1 Å². The van der Waals surface area contributed by atoms with Crippen molar-refractivity contribution in [3.8, 4) is 0 Å². The fourth-order valence-electron chi connectivity index (χ4n) is 1.62. The van der Waals surface area contributed by atoms with Gasteiger partial charge in [0.2, 0.25) is 0 Å². The average molecular weight is 194 g/mol. The molecule has 1 saturated heterocycles. The van der Waals surface area contributed by atoms with Crippen molar-refractivity contribution in [2.75, 3.05) is 0 Å². The van der Waals surface area contributed by atoms with Gasteiger partial charge in [0.15, 0.2) is 0 Å². The van der Waals surface area contributed by atoms with Gasteiger partial charge in [-0.15, -0.1) is 0 Å². The van der Waals surface area contributed by atoms with Gasteiger partial charge >= 0.3 is 5.97 Å². The summed E-state index contributed by atoms with van der Waals surface area (Å²) in [5, 5.41) is 0. The molecule has 14 heavy (non-hydrogen) atoms. The first-order chi connectivity index (χ1) is 6.68. The van der Waals surface area contributed by atoms with E-state index in [0.717, 1.165) is 5.56 Å². The normalized spacial score (nSPS) is 26.2. The molecule has 0 saturated carbocycles. The molecule has 0 radical (unpaired) electrons. The minimum atomic E-state index is -1.78. The molecular weight excluding hydrogens is 183 g/mol. The van der Waals surface area contributed by atoms with Gasteiger partial charge < -0.3 is 4.74 Å². The van der Waals surface area contributed by atoms with Gasteiger partial charge in [-0.05, 0) is 5.56 Å². The molecule has 3 heteroatoms. The van der Waals surface area contributed by atoms with Crippen LogP contribution in [0.1, 0.15) is 18.4 Å². The summed E-state index contributed by atoms with van der Waals surface area (Å²) in [4.78, 5) is 10.8. The third-order valence-corrected chi connectivity index (χ3v) is 2.31. The molecule has 0 spiro atoms. The van der Waals surface area contributed by atoms with Crippen molar-refractivity contribution in [3.63, 3.8) is 0 Å². The van der Waals surface area contributed by atoms with Crippen molar-refractivity contribution < 1.29 is 13.9 Å². The van der Waals surface area contributed by atoms with E-state index in [0.29, 0.717) is 0 Å². The number of ether oxygens (including phenoxy) is 1. The number of cyclic esters (lactones) is 1. The lowest BCUT2D eigenvalue weighted by Gasteiger charge is -2.17. The lowest BCUT2D eigenvalue weighted by Crippen LogP contribution is -2.24. The molecule has 2 rings (SSSR count). The fourth-order valence-corrected chi connectivity index (χ4v) is 1.62. The second-order valence-corrected chi connectivity index (χ2v) is 3.52. The van der Waals surface area contributed by atoms with Crippen molar-refractivity contribution >= 4 is 5.97 Å². The summed E-state index contributed by atoms with van der Waals surface area (Å²) >= 11 is 0. The van der Waals surface area contributed by atoms with Gasteiger partial charge in [0.05, 0.1) is 6.42 Å². The van der Waals surface area contributed by atoms with E-state index in [4.69, 9.17) is 0 Å². The Morgan fingerprint density at radius 3 is 2.64 bits per heavy atom. The van der Waals surface area contributed by atoms with Crippen LogP contribution in [0.25, 0.3) is 0 Å². The quantitative estimate of drug-likeness (QED) is 0.675. The largest absolute Gasteiger partial charge is 0.428 e. The zero-order valence-corrected chi connectivity index (χ0v) is 7.70. The minimum absolute atomic E-state index is 0.152. The highest BCUT2D eigenvalue weighted by Crippen LogP contribution is 2.31. The van der Waals surface area contributed by atoms with Crippen LogP contribution in [-0.4, -0.2) is 11.8 Å². The van der Waals surface area contributed by atoms with E-state index in [1.807, 2.05) is 30.3 Å². The summed E-state index contributed by atoms with van der Waals surface area (Å²) < 4.78 is 18.5. The van der Waals surface area contributed by atoms with E-state index in [-0.39, 0.29) is 19.3 Å². The van der Waals surface area contributed by atoms with Gasteiger partial charge in [-0.3, -0.25) is 4.79 Å². The van der Waals surface area contributed by atoms with Crippen molar-refractivity contribution in [1.82, 2.24) is 0 Å². The number of esters is 1. The Balaban J connectivity index is 2.08. The van der Waals surface area contributed by atoms with Crippen LogP contribution in [-0.2, 0) is 16.0 Å². The van der Waals surface area contributed by atoms with E-state index >= 15 is 0 Å². The smallest absolute Gasteiger partial charge is 0.308 e. The van der Waals surface area contributed by atoms with Crippen LogP contribution in [0, 0.1) is 0 Å². The fraction of sp³-hybridized carbons (Fsp3) is 0.364. The van der Waals surface area contributed by atoms with Crippen molar-refractivity contribution in [1.29, 1.82) is 0 Å². The zero-order valence-electron chi connectivity index (χ0n) is 7.70. The minimum Gasteiger partial charge on any atom is -0.428 e. The number of carbonyl (C=O) groups is 1. The molecule has 1 heterocycles. The van der Waals surface area contributed by atoms with Gasteiger partial charge in [0.25, 0.3) is 5.85 Å². The highest BCUT2D eigenvalue weighted by atomic mass is 19.2. The molecule has 1 unspecified atom stereocenters. The first-order valence-electron chi connectivity index (χ1n) is 4.63. The molecule has 1 aromatic carbocycles. The number of hydrogen-bond donors (Lipinski definition) is 0. The third-order valence-electron chi connectivity index (χ3n) is 2.31. The topological polar surface area (TPSA) is 26.3 Å². The molecule has 2 nitrogen and oxygen atoms in total. The van der Waals surface area contributed by atoms with Crippen molar-refractivity contribution in [3.05, 3.63) is 35.9 Å². The number of rotatable bonds is 2. The van der Waals surface area contributed by atoms with Crippen LogP contribution in [0.5, 0.6) is 0 Å². The molecule has 1 fully saturated rings. The Kier molecular flexibility index (Phi) is 2.23. The molecular formula is C11H11FO2. The summed E-state index contributed by atoms with van der Waals surface area (Å²) in [6, 6.07) is 9.21. The molecule has 0 aliphatic carbocycles. The standard InChI is InChI=1S/C11H11FO2/c12-11(7-6-10(13)14-11)8-9-4-2-1-3-5-9/h1-5H,6-8H2. The Morgan fingerprint density at radius 2 is 2.07 bits per heavy atom. The highest BCUT2D eigenvalue weighted by Gasteiger charge is 2.40. The Hall–Kier alpha value is -1.38. The first-order valence-corrected chi connectivity index (χ1v) is 4.63. The number of hydrogen-bond acceptors (Lipinski definition) is 2. The number of benzene rings is 1.